The first-order valence-corrected chi connectivity index (χ1v) is 5.69. The fraction of sp³-hybridized carbons (Fsp3) is 0.455. The smallest absolute Gasteiger partial charge is 0.351 e. The largest absolute Gasteiger partial charge is 0.394 e. The van der Waals surface area contributed by atoms with Gasteiger partial charge in [0, 0.05) is 24.2 Å². The van der Waals surface area contributed by atoms with Gasteiger partial charge in [-0.1, -0.05) is 0 Å². The Morgan fingerprint density at radius 3 is 3.17 bits per heavy atom. The van der Waals surface area contributed by atoms with Crippen molar-refractivity contribution in [3.8, 4) is 0 Å². The topological polar surface area (TPSA) is 100 Å². The fourth-order valence-electron chi connectivity index (χ4n) is 2.19. The number of aromatic amines is 1. The second kappa shape index (κ2) is 4.20. The number of rotatable bonds is 2. The van der Waals surface area contributed by atoms with Gasteiger partial charge in [-0.2, -0.15) is 4.98 Å². The van der Waals surface area contributed by atoms with E-state index in [1.807, 2.05) is 0 Å². The lowest BCUT2D eigenvalue weighted by Gasteiger charge is -2.14. The van der Waals surface area contributed by atoms with E-state index in [1.54, 1.807) is 18.5 Å². The Balaban J connectivity index is 1.99. The maximum atomic E-state index is 11.8. The molecule has 0 saturated carbocycles. The summed E-state index contributed by atoms with van der Waals surface area (Å²) in [4.78, 5) is 18.6. The maximum absolute atomic E-state index is 11.8. The summed E-state index contributed by atoms with van der Waals surface area (Å²) in [6.45, 7) is -0.272. The Labute approximate surface area is 102 Å². The summed E-state index contributed by atoms with van der Waals surface area (Å²) < 4.78 is 6.77. The highest BCUT2D eigenvalue weighted by atomic mass is 16.5. The van der Waals surface area contributed by atoms with Crippen LogP contribution in [0.1, 0.15) is 12.6 Å². The van der Waals surface area contributed by atoms with E-state index in [0.29, 0.717) is 5.65 Å². The Bertz CT molecular complexity index is 620. The average Bonchev–Trinajstić information content (AvgIpc) is 2.93. The van der Waals surface area contributed by atoms with Gasteiger partial charge in [-0.3, -0.25) is 4.57 Å². The second-order valence-electron chi connectivity index (χ2n) is 4.33. The summed E-state index contributed by atoms with van der Waals surface area (Å²) in [6, 6.07) is 1.80. The summed E-state index contributed by atoms with van der Waals surface area (Å²) in [5, 5.41) is 19.5. The molecule has 1 unspecified atom stereocenters. The molecule has 7 heteroatoms. The molecule has 1 fully saturated rings. The second-order valence-corrected chi connectivity index (χ2v) is 4.33. The van der Waals surface area contributed by atoms with E-state index in [2.05, 4.69) is 9.97 Å². The van der Waals surface area contributed by atoms with E-state index < -0.39 is 24.1 Å². The van der Waals surface area contributed by atoms with Gasteiger partial charge in [-0.15, -0.1) is 0 Å². The molecular formula is C11H13N3O4. The Hall–Kier alpha value is -1.70. The number of nitrogens with one attached hydrogen (secondary N) is 1. The molecule has 2 aromatic rings. The molecular weight excluding hydrogens is 238 g/mol. The molecule has 0 bridgehead atoms. The van der Waals surface area contributed by atoms with Crippen molar-refractivity contribution in [1.82, 2.24) is 14.5 Å². The molecule has 0 aromatic carbocycles. The normalized spacial score (nSPS) is 28.0. The van der Waals surface area contributed by atoms with E-state index in [9.17, 15) is 9.90 Å². The number of aliphatic hydroxyl groups excluding tert-OH is 2. The molecule has 96 valence electrons. The van der Waals surface area contributed by atoms with Crippen LogP contribution >= 0.6 is 0 Å². The SMILES string of the molecule is O=c1nc2[nH]ccc2cn1[C@H]1CC(O)[C@@H](CO)O1. The van der Waals surface area contributed by atoms with Crippen molar-refractivity contribution in [3.05, 3.63) is 28.9 Å². The molecule has 3 heterocycles. The number of aromatic nitrogens is 3. The Morgan fingerprint density at radius 1 is 1.61 bits per heavy atom. The lowest BCUT2D eigenvalue weighted by Crippen LogP contribution is -2.27. The first-order chi connectivity index (χ1) is 8.69. The standard InChI is InChI=1S/C11H13N3O4/c15-5-8-7(16)3-9(18-8)14-4-6-1-2-12-10(6)13-11(14)17/h1-2,4,7-9,15-16H,3,5H2,(H,12,13,17)/t7?,8-,9-/m1/s1. The van der Waals surface area contributed by atoms with Gasteiger partial charge in [0.2, 0.25) is 0 Å². The van der Waals surface area contributed by atoms with Crippen molar-refractivity contribution in [3.63, 3.8) is 0 Å². The third-order valence-corrected chi connectivity index (χ3v) is 3.16. The molecule has 3 rings (SSSR count). The van der Waals surface area contributed by atoms with E-state index in [-0.39, 0.29) is 13.0 Å². The highest BCUT2D eigenvalue weighted by Crippen LogP contribution is 2.27. The third kappa shape index (κ3) is 1.72. The van der Waals surface area contributed by atoms with Gasteiger partial charge < -0.3 is 19.9 Å². The average molecular weight is 251 g/mol. The maximum Gasteiger partial charge on any atom is 0.351 e. The molecule has 1 aliphatic rings. The van der Waals surface area contributed by atoms with Crippen LogP contribution in [0.3, 0.4) is 0 Å². The number of fused-ring (bicyclic) bond motifs is 1. The molecule has 3 N–H and O–H groups in total. The zero-order valence-corrected chi connectivity index (χ0v) is 9.48. The van der Waals surface area contributed by atoms with E-state index >= 15 is 0 Å². The van der Waals surface area contributed by atoms with Crippen molar-refractivity contribution < 1.29 is 14.9 Å². The summed E-state index contributed by atoms with van der Waals surface area (Å²) in [5.74, 6) is 0. The fourth-order valence-corrected chi connectivity index (χ4v) is 2.19. The van der Waals surface area contributed by atoms with Gasteiger partial charge in [0.1, 0.15) is 18.0 Å². The van der Waals surface area contributed by atoms with Gasteiger partial charge in [-0.05, 0) is 6.07 Å². The van der Waals surface area contributed by atoms with Crippen LogP contribution < -0.4 is 5.69 Å². The lowest BCUT2D eigenvalue weighted by molar-refractivity contribution is -0.0457. The highest BCUT2D eigenvalue weighted by molar-refractivity contribution is 5.73. The minimum absolute atomic E-state index is 0.267. The zero-order valence-electron chi connectivity index (χ0n) is 9.48. The van der Waals surface area contributed by atoms with Crippen molar-refractivity contribution in [1.29, 1.82) is 0 Å². The van der Waals surface area contributed by atoms with Crippen LogP contribution in [0.5, 0.6) is 0 Å². The number of hydrogen-bond acceptors (Lipinski definition) is 5. The number of aliphatic hydroxyl groups is 2. The van der Waals surface area contributed by atoms with Crippen molar-refractivity contribution in [2.45, 2.75) is 24.9 Å². The van der Waals surface area contributed by atoms with Gasteiger partial charge in [-0.25, -0.2) is 4.79 Å². The van der Waals surface area contributed by atoms with Crippen LogP contribution in [0, 0.1) is 0 Å². The molecule has 0 aliphatic carbocycles. The number of hydrogen-bond donors (Lipinski definition) is 3. The van der Waals surface area contributed by atoms with Crippen molar-refractivity contribution in [2.24, 2.45) is 0 Å². The highest BCUT2D eigenvalue weighted by Gasteiger charge is 2.35. The van der Waals surface area contributed by atoms with Gasteiger partial charge in [0.05, 0.1) is 12.7 Å². The molecule has 0 spiro atoms. The van der Waals surface area contributed by atoms with Crippen LogP contribution in [-0.4, -0.2) is 43.6 Å². The first kappa shape index (κ1) is 11.4. The third-order valence-electron chi connectivity index (χ3n) is 3.16. The molecule has 1 saturated heterocycles. The van der Waals surface area contributed by atoms with E-state index in [1.165, 1.54) is 4.57 Å². The zero-order chi connectivity index (χ0) is 12.7. The van der Waals surface area contributed by atoms with Crippen LogP contribution in [-0.2, 0) is 4.74 Å². The predicted molar refractivity (Wildman–Crippen MR) is 62.0 cm³/mol. The van der Waals surface area contributed by atoms with E-state index in [4.69, 9.17) is 9.84 Å². The van der Waals surface area contributed by atoms with Gasteiger partial charge in [0.25, 0.3) is 0 Å². The first-order valence-electron chi connectivity index (χ1n) is 5.69. The van der Waals surface area contributed by atoms with Crippen molar-refractivity contribution in [2.75, 3.05) is 6.61 Å². The molecule has 18 heavy (non-hydrogen) atoms. The molecule has 0 amide bonds. The van der Waals surface area contributed by atoms with Crippen LogP contribution in [0.15, 0.2) is 23.3 Å². The van der Waals surface area contributed by atoms with Crippen LogP contribution in [0.4, 0.5) is 0 Å². The molecule has 1 aliphatic heterocycles. The summed E-state index contributed by atoms with van der Waals surface area (Å²) in [6.07, 6.45) is 1.60. The lowest BCUT2D eigenvalue weighted by atomic mass is 10.2. The van der Waals surface area contributed by atoms with Crippen LogP contribution in [0.2, 0.25) is 0 Å². The number of nitrogens with zero attached hydrogens (tertiary/aromatic N) is 2. The van der Waals surface area contributed by atoms with Gasteiger partial charge in [0.15, 0.2) is 0 Å². The Kier molecular flexibility index (Phi) is 2.66. The molecule has 7 nitrogen and oxygen atoms in total. The quantitative estimate of drug-likeness (QED) is 0.659. The monoisotopic (exact) mass is 251 g/mol. The van der Waals surface area contributed by atoms with Crippen molar-refractivity contribution >= 4 is 11.0 Å². The summed E-state index contributed by atoms with van der Waals surface area (Å²) >= 11 is 0. The summed E-state index contributed by atoms with van der Waals surface area (Å²) in [5.41, 5.74) is 0.0780. The van der Waals surface area contributed by atoms with E-state index in [0.717, 1.165) is 5.39 Å². The summed E-state index contributed by atoms with van der Waals surface area (Å²) in [7, 11) is 0. The molecule has 3 atom stereocenters. The minimum atomic E-state index is -0.770. The number of ether oxygens (including phenoxy) is 1. The Morgan fingerprint density at radius 2 is 2.44 bits per heavy atom. The molecule has 0 radical (unpaired) electrons. The minimum Gasteiger partial charge on any atom is -0.394 e. The number of H-pyrrole nitrogens is 1. The predicted octanol–water partition coefficient (Wildman–Crippen LogP) is -0.635. The van der Waals surface area contributed by atoms with Crippen LogP contribution in [0.25, 0.3) is 11.0 Å². The molecule has 2 aromatic heterocycles. The van der Waals surface area contributed by atoms with Gasteiger partial charge >= 0.3 is 5.69 Å².